The van der Waals surface area contributed by atoms with Gasteiger partial charge in [0, 0.05) is 25.8 Å². The molecule has 0 aromatic carbocycles. The van der Waals surface area contributed by atoms with Crippen LogP contribution >= 0.6 is 0 Å². The molecule has 1 aromatic heterocycles. The van der Waals surface area contributed by atoms with Crippen LogP contribution in [-0.4, -0.2) is 29.6 Å². The van der Waals surface area contributed by atoms with E-state index >= 15 is 0 Å². The van der Waals surface area contributed by atoms with Gasteiger partial charge in [-0.1, -0.05) is 13.8 Å². The van der Waals surface area contributed by atoms with Gasteiger partial charge in [-0.3, -0.25) is 4.98 Å². The summed E-state index contributed by atoms with van der Waals surface area (Å²) in [5, 5.41) is 3.41. The molecule has 0 radical (unpaired) electrons. The fourth-order valence-electron chi connectivity index (χ4n) is 2.24. The molecule has 4 heteroatoms. The lowest BCUT2D eigenvalue weighted by Crippen LogP contribution is -2.31. The van der Waals surface area contributed by atoms with Gasteiger partial charge in [0.1, 0.15) is 5.82 Å². The maximum Gasteiger partial charge on any atom is 0.147 e. The van der Waals surface area contributed by atoms with E-state index in [0.29, 0.717) is 12.0 Å². The Hall–Kier alpha value is -1.16. The summed E-state index contributed by atoms with van der Waals surface area (Å²) in [4.78, 5) is 11.3. The van der Waals surface area contributed by atoms with E-state index in [-0.39, 0.29) is 0 Å². The van der Waals surface area contributed by atoms with Gasteiger partial charge in [0.15, 0.2) is 0 Å². The van der Waals surface area contributed by atoms with E-state index in [1.54, 1.807) is 0 Å². The van der Waals surface area contributed by atoms with Crippen LogP contribution in [0.25, 0.3) is 0 Å². The van der Waals surface area contributed by atoms with Crippen LogP contribution in [0.2, 0.25) is 0 Å². The SMILES string of the molecule is CC(C)CNCc1cncc(N(C)C(C)C2CC2)n1. The lowest BCUT2D eigenvalue weighted by Gasteiger charge is -2.25. The topological polar surface area (TPSA) is 41.1 Å². The van der Waals surface area contributed by atoms with Gasteiger partial charge in [-0.25, -0.2) is 4.98 Å². The maximum absolute atomic E-state index is 4.70. The summed E-state index contributed by atoms with van der Waals surface area (Å²) >= 11 is 0. The smallest absolute Gasteiger partial charge is 0.147 e. The van der Waals surface area contributed by atoms with Crippen LogP contribution in [0.3, 0.4) is 0 Å². The summed E-state index contributed by atoms with van der Waals surface area (Å²) < 4.78 is 0. The van der Waals surface area contributed by atoms with Gasteiger partial charge in [0.25, 0.3) is 0 Å². The van der Waals surface area contributed by atoms with Crippen molar-refractivity contribution in [1.29, 1.82) is 0 Å². The summed E-state index contributed by atoms with van der Waals surface area (Å²) in [6, 6.07) is 0.563. The van der Waals surface area contributed by atoms with Gasteiger partial charge in [-0.05, 0) is 38.1 Å². The first-order valence-electron chi connectivity index (χ1n) is 7.32. The Bertz CT molecular complexity index is 401. The first-order valence-corrected chi connectivity index (χ1v) is 7.32. The highest BCUT2D eigenvalue weighted by Crippen LogP contribution is 2.35. The minimum atomic E-state index is 0.563. The fourth-order valence-corrected chi connectivity index (χ4v) is 2.24. The van der Waals surface area contributed by atoms with Crippen molar-refractivity contribution in [2.24, 2.45) is 11.8 Å². The third-order valence-electron chi connectivity index (χ3n) is 3.81. The summed E-state index contributed by atoms with van der Waals surface area (Å²) in [6.07, 6.45) is 6.43. The van der Waals surface area contributed by atoms with Crippen LogP contribution in [0.1, 0.15) is 39.3 Å². The molecule has 1 atom stereocenters. The zero-order chi connectivity index (χ0) is 13.8. The summed E-state index contributed by atoms with van der Waals surface area (Å²) in [5.41, 5.74) is 1.02. The minimum absolute atomic E-state index is 0.563. The molecule has 1 unspecified atom stereocenters. The molecule has 1 saturated carbocycles. The molecule has 2 rings (SSSR count). The molecule has 0 aliphatic heterocycles. The number of hydrogen-bond donors (Lipinski definition) is 1. The van der Waals surface area contributed by atoms with E-state index in [1.165, 1.54) is 12.8 Å². The average Bonchev–Trinajstić information content (AvgIpc) is 3.21. The summed E-state index contributed by atoms with van der Waals surface area (Å²) in [5.74, 6) is 2.49. The fraction of sp³-hybridized carbons (Fsp3) is 0.733. The van der Waals surface area contributed by atoms with Crippen LogP contribution in [0, 0.1) is 11.8 Å². The van der Waals surface area contributed by atoms with Crippen LogP contribution in [0.4, 0.5) is 5.82 Å². The predicted molar refractivity (Wildman–Crippen MR) is 79.2 cm³/mol. The molecule has 106 valence electrons. The number of nitrogens with one attached hydrogen (secondary N) is 1. The van der Waals surface area contributed by atoms with Crippen molar-refractivity contribution in [3.63, 3.8) is 0 Å². The van der Waals surface area contributed by atoms with Gasteiger partial charge in [0.2, 0.25) is 0 Å². The van der Waals surface area contributed by atoms with Crippen molar-refractivity contribution in [1.82, 2.24) is 15.3 Å². The molecule has 0 spiro atoms. The van der Waals surface area contributed by atoms with Crippen molar-refractivity contribution in [2.75, 3.05) is 18.5 Å². The molecule has 0 bridgehead atoms. The lowest BCUT2D eigenvalue weighted by molar-refractivity contribution is 0.546. The van der Waals surface area contributed by atoms with E-state index in [1.807, 2.05) is 12.4 Å². The number of nitrogens with zero attached hydrogens (tertiary/aromatic N) is 3. The van der Waals surface area contributed by atoms with E-state index in [2.05, 4.69) is 43.0 Å². The monoisotopic (exact) mass is 262 g/mol. The first kappa shape index (κ1) is 14.3. The van der Waals surface area contributed by atoms with Gasteiger partial charge in [0.05, 0.1) is 11.9 Å². The van der Waals surface area contributed by atoms with Crippen LogP contribution < -0.4 is 10.2 Å². The van der Waals surface area contributed by atoms with Crippen LogP contribution in [0.5, 0.6) is 0 Å². The van der Waals surface area contributed by atoms with Crippen molar-refractivity contribution in [2.45, 2.75) is 46.2 Å². The molecule has 1 aliphatic carbocycles. The average molecular weight is 262 g/mol. The zero-order valence-electron chi connectivity index (χ0n) is 12.6. The first-order chi connectivity index (χ1) is 9.08. The molecule has 1 heterocycles. The van der Waals surface area contributed by atoms with Crippen molar-refractivity contribution in [3.05, 3.63) is 18.1 Å². The molecule has 1 aromatic rings. The molecule has 1 N–H and O–H groups in total. The lowest BCUT2D eigenvalue weighted by atomic mass is 10.2. The third-order valence-corrected chi connectivity index (χ3v) is 3.81. The normalized spacial score (nSPS) is 16.7. The molecule has 1 aliphatic rings. The van der Waals surface area contributed by atoms with Gasteiger partial charge >= 0.3 is 0 Å². The number of rotatable bonds is 7. The highest BCUT2D eigenvalue weighted by Gasteiger charge is 2.31. The quantitative estimate of drug-likeness (QED) is 0.819. The van der Waals surface area contributed by atoms with E-state index in [0.717, 1.165) is 30.5 Å². The largest absolute Gasteiger partial charge is 0.355 e. The highest BCUT2D eigenvalue weighted by molar-refractivity contribution is 5.37. The molecule has 1 fully saturated rings. The Morgan fingerprint density at radius 1 is 1.32 bits per heavy atom. The van der Waals surface area contributed by atoms with Crippen molar-refractivity contribution in [3.8, 4) is 0 Å². The Kier molecular flexibility index (Phi) is 4.75. The maximum atomic E-state index is 4.70. The molecular formula is C15H26N4. The van der Waals surface area contributed by atoms with Crippen LogP contribution in [0.15, 0.2) is 12.4 Å². The molecule has 0 amide bonds. The zero-order valence-corrected chi connectivity index (χ0v) is 12.6. The van der Waals surface area contributed by atoms with Crippen molar-refractivity contribution < 1.29 is 0 Å². The predicted octanol–water partition coefficient (Wildman–Crippen LogP) is 2.46. The summed E-state index contributed by atoms with van der Waals surface area (Å²) in [7, 11) is 2.12. The number of hydrogen-bond acceptors (Lipinski definition) is 4. The molecule has 19 heavy (non-hydrogen) atoms. The number of anilines is 1. The Labute approximate surface area is 116 Å². The Balaban J connectivity index is 1.93. The van der Waals surface area contributed by atoms with Crippen molar-refractivity contribution >= 4 is 5.82 Å². The van der Waals surface area contributed by atoms with E-state index < -0.39 is 0 Å². The second kappa shape index (κ2) is 6.33. The van der Waals surface area contributed by atoms with Gasteiger partial charge in [-0.15, -0.1) is 0 Å². The highest BCUT2D eigenvalue weighted by atomic mass is 15.2. The van der Waals surface area contributed by atoms with E-state index in [4.69, 9.17) is 4.98 Å². The Morgan fingerprint density at radius 3 is 2.68 bits per heavy atom. The standard InChI is InChI=1S/C15H26N4/c1-11(2)7-16-8-14-9-17-10-15(18-14)19(4)12(3)13-5-6-13/h9-13,16H,5-8H2,1-4H3. The third kappa shape index (κ3) is 4.16. The summed E-state index contributed by atoms with van der Waals surface area (Å²) in [6.45, 7) is 8.51. The molecule has 4 nitrogen and oxygen atoms in total. The second-order valence-corrected chi connectivity index (χ2v) is 6.08. The van der Waals surface area contributed by atoms with Gasteiger partial charge < -0.3 is 10.2 Å². The van der Waals surface area contributed by atoms with Gasteiger partial charge in [-0.2, -0.15) is 0 Å². The van der Waals surface area contributed by atoms with E-state index in [9.17, 15) is 0 Å². The second-order valence-electron chi connectivity index (χ2n) is 6.08. The number of aromatic nitrogens is 2. The van der Waals surface area contributed by atoms with Crippen LogP contribution in [-0.2, 0) is 6.54 Å². The molecular weight excluding hydrogens is 236 g/mol. The molecule has 0 saturated heterocycles. The Morgan fingerprint density at radius 2 is 2.05 bits per heavy atom. The minimum Gasteiger partial charge on any atom is -0.355 e.